The van der Waals surface area contributed by atoms with E-state index < -0.39 is 10.0 Å². The van der Waals surface area contributed by atoms with Crippen molar-refractivity contribution in [1.29, 1.82) is 0 Å². The molecule has 0 aliphatic rings. The molecule has 0 saturated carbocycles. The standard InChI is InChI=1S/C16H22BrClN2O2S/c1-21-15-9-12(13(17)10-14(15)18)16-19-5-6-20(16)11-22-7-8-23(2,3)4/h5-6,9-10H,7-8,11H2,1-4H3. The van der Waals surface area contributed by atoms with Gasteiger partial charge in [-0.3, -0.25) is 0 Å². The van der Waals surface area contributed by atoms with Gasteiger partial charge in [0.1, 0.15) is 18.3 Å². The fourth-order valence-corrected chi connectivity index (χ4v) is 3.50. The van der Waals surface area contributed by atoms with Gasteiger partial charge in [-0.25, -0.2) is 15.0 Å². The van der Waals surface area contributed by atoms with Gasteiger partial charge >= 0.3 is 0 Å². The molecular weight excluding hydrogens is 400 g/mol. The molecule has 4 nitrogen and oxygen atoms in total. The third-order valence-electron chi connectivity index (χ3n) is 3.27. The first kappa shape index (κ1) is 18.6. The lowest BCUT2D eigenvalue weighted by Gasteiger charge is -2.24. The quantitative estimate of drug-likeness (QED) is 0.611. The SMILES string of the molecule is COc1cc(-c2nccn2COCCS(C)(C)C)c(Br)cc1Cl. The molecule has 0 saturated heterocycles. The molecule has 2 rings (SSSR count). The van der Waals surface area contributed by atoms with Crippen molar-refractivity contribution in [2.75, 3.05) is 38.2 Å². The summed E-state index contributed by atoms with van der Waals surface area (Å²) < 4.78 is 14.0. The Labute approximate surface area is 152 Å². The molecule has 0 unspecified atom stereocenters. The summed E-state index contributed by atoms with van der Waals surface area (Å²) in [5, 5.41) is 0.561. The number of aromatic nitrogens is 2. The van der Waals surface area contributed by atoms with Crippen LogP contribution in [-0.2, 0) is 11.5 Å². The van der Waals surface area contributed by atoms with Crippen LogP contribution >= 0.6 is 37.6 Å². The van der Waals surface area contributed by atoms with Crippen molar-refractivity contribution in [2.45, 2.75) is 6.73 Å². The normalized spacial score (nSPS) is 12.4. The Morgan fingerprint density at radius 2 is 2.04 bits per heavy atom. The summed E-state index contributed by atoms with van der Waals surface area (Å²) in [6.45, 7) is 1.23. The highest BCUT2D eigenvalue weighted by Gasteiger charge is 2.14. The van der Waals surface area contributed by atoms with Crippen LogP contribution in [0.5, 0.6) is 5.75 Å². The molecule has 0 aliphatic heterocycles. The Hall–Kier alpha value is -0.690. The highest BCUT2D eigenvalue weighted by atomic mass is 79.9. The first-order chi connectivity index (χ1) is 10.8. The molecule has 23 heavy (non-hydrogen) atoms. The summed E-state index contributed by atoms with van der Waals surface area (Å²) in [6, 6.07) is 3.70. The van der Waals surface area contributed by atoms with Crippen LogP contribution in [0.3, 0.4) is 0 Å². The zero-order valence-corrected chi connectivity index (χ0v) is 17.0. The molecule has 0 atom stereocenters. The van der Waals surface area contributed by atoms with Crippen molar-refractivity contribution in [2.24, 2.45) is 0 Å². The molecular formula is C16H22BrClN2O2S. The van der Waals surface area contributed by atoms with E-state index in [1.807, 2.05) is 22.9 Å². The van der Waals surface area contributed by atoms with E-state index in [0.29, 0.717) is 17.5 Å². The minimum Gasteiger partial charge on any atom is -0.495 e. The predicted octanol–water partition coefficient (Wildman–Crippen LogP) is 4.64. The number of halogens is 2. The Kier molecular flexibility index (Phi) is 6.42. The summed E-state index contributed by atoms with van der Waals surface area (Å²) in [6.07, 6.45) is 10.5. The topological polar surface area (TPSA) is 36.3 Å². The summed E-state index contributed by atoms with van der Waals surface area (Å²) in [5.41, 5.74) is 0.918. The van der Waals surface area contributed by atoms with Crippen LogP contribution in [0.2, 0.25) is 5.02 Å². The van der Waals surface area contributed by atoms with E-state index in [4.69, 9.17) is 21.1 Å². The van der Waals surface area contributed by atoms with Crippen LogP contribution < -0.4 is 4.74 Å². The van der Waals surface area contributed by atoms with E-state index in [0.717, 1.165) is 28.2 Å². The van der Waals surface area contributed by atoms with Gasteiger partial charge in [0.25, 0.3) is 0 Å². The Bertz CT molecular complexity index is 671. The number of hydrogen-bond acceptors (Lipinski definition) is 3. The Morgan fingerprint density at radius 1 is 1.30 bits per heavy atom. The fraction of sp³-hybridized carbons (Fsp3) is 0.438. The summed E-state index contributed by atoms with van der Waals surface area (Å²) in [7, 11) is 1.06. The number of nitrogens with zero attached hydrogens (tertiary/aromatic N) is 2. The number of ether oxygens (including phenoxy) is 2. The minimum atomic E-state index is -0.537. The van der Waals surface area contributed by atoms with Gasteiger partial charge in [0.05, 0.1) is 18.7 Å². The molecule has 0 spiro atoms. The van der Waals surface area contributed by atoms with Crippen LogP contribution in [0, 0.1) is 0 Å². The highest BCUT2D eigenvalue weighted by Crippen LogP contribution is 2.36. The monoisotopic (exact) mass is 420 g/mol. The number of methoxy groups -OCH3 is 1. The van der Waals surface area contributed by atoms with Crippen LogP contribution in [0.25, 0.3) is 11.4 Å². The van der Waals surface area contributed by atoms with Crippen molar-refractivity contribution in [1.82, 2.24) is 9.55 Å². The maximum atomic E-state index is 6.14. The fourth-order valence-electron chi connectivity index (χ4n) is 1.99. The third kappa shape index (κ3) is 5.14. The van der Waals surface area contributed by atoms with E-state index in [1.165, 1.54) is 0 Å². The largest absolute Gasteiger partial charge is 0.495 e. The van der Waals surface area contributed by atoms with Gasteiger partial charge in [0.2, 0.25) is 0 Å². The summed E-state index contributed by atoms with van der Waals surface area (Å²) in [5.74, 6) is 2.53. The van der Waals surface area contributed by atoms with Gasteiger partial charge in [0, 0.05) is 28.2 Å². The van der Waals surface area contributed by atoms with Crippen LogP contribution in [0.4, 0.5) is 0 Å². The predicted molar refractivity (Wildman–Crippen MR) is 103 cm³/mol. The molecule has 7 heteroatoms. The third-order valence-corrected chi connectivity index (χ3v) is 5.61. The van der Waals surface area contributed by atoms with E-state index in [-0.39, 0.29) is 0 Å². The molecule has 0 fully saturated rings. The van der Waals surface area contributed by atoms with Gasteiger partial charge in [-0.15, -0.1) is 0 Å². The molecule has 0 aliphatic carbocycles. The average Bonchev–Trinajstić information content (AvgIpc) is 2.91. The summed E-state index contributed by atoms with van der Waals surface area (Å²) >= 11 is 9.69. The zero-order chi connectivity index (χ0) is 17.0. The summed E-state index contributed by atoms with van der Waals surface area (Å²) in [4.78, 5) is 4.44. The lowest BCUT2D eigenvalue weighted by Crippen LogP contribution is -2.10. The van der Waals surface area contributed by atoms with Crippen molar-refractivity contribution in [3.63, 3.8) is 0 Å². The van der Waals surface area contributed by atoms with Gasteiger partial charge in [-0.2, -0.15) is 0 Å². The van der Waals surface area contributed by atoms with Crippen molar-refractivity contribution in [3.8, 4) is 17.1 Å². The molecule has 0 bridgehead atoms. The smallest absolute Gasteiger partial charge is 0.143 e. The van der Waals surface area contributed by atoms with Crippen LogP contribution in [0.1, 0.15) is 0 Å². The lowest BCUT2D eigenvalue weighted by atomic mass is 10.2. The number of rotatable bonds is 7. The second-order valence-electron chi connectivity index (χ2n) is 6.02. The molecule has 0 N–H and O–H groups in total. The second kappa shape index (κ2) is 7.92. The van der Waals surface area contributed by atoms with Crippen LogP contribution in [0.15, 0.2) is 29.0 Å². The van der Waals surface area contributed by atoms with Crippen molar-refractivity contribution < 1.29 is 9.47 Å². The number of imidazole rings is 1. The maximum absolute atomic E-state index is 6.14. The Morgan fingerprint density at radius 3 is 2.70 bits per heavy atom. The van der Waals surface area contributed by atoms with Gasteiger partial charge in [-0.1, -0.05) is 11.6 Å². The molecule has 1 aromatic carbocycles. The van der Waals surface area contributed by atoms with E-state index in [1.54, 1.807) is 13.3 Å². The molecule has 0 radical (unpaired) electrons. The number of benzene rings is 1. The molecule has 1 heterocycles. The van der Waals surface area contributed by atoms with Crippen LogP contribution in [-0.4, -0.2) is 47.8 Å². The molecule has 128 valence electrons. The van der Waals surface area contributed by atoms with Gasteiger partial charge < -0.3 is 14.0 Å². The average molecular weight is 422 g/mol. The minimum absolute atomic E-state index is 0.474. The van der Waals surface area contributed by atoms with E-state index >= 15 is 0 Å². The maximum Gasteiger partial charge on any atom is 0.143 e. The van der Waals surface area contributed by atoms with E-state index in [9.17, 15) is 0 Å². The lowest BCUT2D eigenvalue weighted by molar-refractivity contribution is 0.0907. The highest BCUT2D eigenvalue weighted by molar-refractivity contribution is 9.10. The van der Waals surface area contributed by atoms with Crippen molar-refractivity contribution in [3.05, 3.63) is 34.0 Å². The van der Waals surface area contributed by atoms with E-state index in [2.05, 4.69) is 39.7 Å². The second-order valence-corrected chi connectivity index (χ2v) is 11.9. The first-order valence-corrected chi connectivity index (χ1v) is 11.3. The first-order valence-electron chi connectivity index (χ1n) is 7.10. The number of hydrogen-bond donors (Lipinski definition) is 0. The zero-order valence-electron chi connectivity index (χ0n) is 13.8. The van der Waals surface area contributed by atoms with Gasteiger partial charge in [-0.05, 0) is 46.8 Å². The molecule has 0 amide bonds. The molecule has 2 aromatic rings. The molecule has 1 aromatic heterocycles. The van der Waals surface area contributed by atoms with Gasteiger partial charge in [0.15, 0.2) is 0 Å². The van der Waals surface area contributed by atoms with Crippen molar-refractivity contribution >= 4 is 37.6 Å². The Balaban J connectivity index is 2.15.